The Bertz CT molecular complexity index is 1040. The van der Waals surface area contributed by atoms with Crippen molar-refractivity contribution < 1.29 is 9.21 Å². The molecule has 0 saturated carbocycles. The van der Waals surface area contributed by atoms with Crippen LogP contribution in [0.4, 0.5) is 5.69 Å². The predicted octanol–water partition coefficient (Wildman–Crippen LogP) is 4.43. The first-order valence-electron chi connectivity index (χ1n) is 7.80. The fraction of sp³-hybridized carbons (Fsp3) is 0. The third-order valence-corrected chi connectivity index (χ3v) is 4.08. The monoisotopic (exact) mass is 364 g/mol. The highest BCUT2D eigenvalue weighted by Gasteiger charge is 2.19. The van der Waals surface area contributed by atoms with E-state index in [1.807, 2.05) is 28.8 Å². The van der Waals surface area contributed by atoms with Gasteiger partial charge in [-0.1, -0.05) is 23.7 Å². The van der Waals surface area contributed by atoms with Crippen molar-refractivity contribution in [1.29, 1.82) is 0 Å². The van der Waals surface area contributed by atoms with E-state index in [9.17, 15) is 4.79 Å². The Morgan fingerprint density at radius 3 is 2.69 bits per heavy atom. The van der Waals surface area contributed by atoms with E-state index in [4.69, 9.17) is 16.0 Å². The molecule has 0 unspecified atom stereocenters. The summed E-state index contributed by atoms with van der Waals surface area (Å²) in [6, 6.07) is 14.5. The minimum absolute atomic E-state index is 0.202. The molecule has 7 heteroatoms. The highest BCUT2D eigenvalue weighted by Crippen LogP contribution is 2.26. The van der Waals surface area contributed by atoms with Crippen LogP contribution in [0.2, 0.25) is 5.02 Å². The number of hydrogen-bond acceptors (Lipinski definition) is 4. The zero-order valence-electron chi connectivity index (χ0n) is 13.5. The number of anilines is 1. The summed E-state index contributed by atoms with van der Waals surface area (Å²) in [5, 5.41) is 3.49. The summed E-state index contributed by atoms with van der Waals surface area (Å²) in [4.78, 5) is 20.9. The molecule has 0 saturated heterocycles. The molecule has 1 amide bonds. The molecule has 0 fully saturated rings. The minimum Gasteiger partial charge on any atom is -0.443 e. The van der Waals surface area contributed by atoms with Gasteiger partial charge in [0.15, 0.2) is 17.8 Å². The number of rotatable bonds is 4. The first-order chi connectivity index (χ1) is 12.7. The number of nitrogens with zero attached hydrogens (tertiary/aromatic N) is 3. The zero-order chi connectivity index (χ0) is 17.9. The molecule has 0 spiro atoms. The molecule has 4 rings (SSSR count). The van der Waals surface area contributed by atoms with Crippen LogP contribution in [0, 0.1) is 0 Å². The molecule has 1 N–H and O–H groups in total. The maximum absolute atomic E-state index is 12.8. The molecule has 0 aliphatic rings. The van der Waals surface area contributed by atoms with E-state index in [2.05, 4.69) is 15.3 Å². The number of hydrogen-bond donors (Lipinski definition) is 1. The molecule has 128 valence electrons. The highest BCUT2D eigenvalue weighted by atomic mass is 35.5. The first-order valence-corrected chi connectivity index (χ1v) is 8.18. The van der Waals surface area contributed by atoms with Crippen LogP contribution >= 0.6 is 11.6 Å². The van der Waals surface area contributed by atoms with E-state index in [1.54, 1.807) is 43.0 Å². The lowest BCUT2D eigenvalue weighted by molar-refractivity contribution is 0.102. The van der Waals surface area contributed by atoms with Crippen LogP contribution in [-0.4, -0.2) is 20.4 Å². The van der Waals surface area contributed by atoms with Crippen molar-refractivity contribution >= 4 is 23.2 Å². The fourth-order valence-corrected chi connectivity index (χ4v) is 2.73. The number of aromatic nitrogens is 3. The van der Waals surface area contributed by atoms with E-state index in [0.717, 1.165) is 11.3 Å². The molecule has 26 heavy (non-hydrogen) atoms. The molecule has 2 aromatic heterocycles. The van der Waals surface area contributed by atoms with Crippen LogP contribution in [0.5, 0.6) is 0 Å². The van der Waals surface area contributed by atoms with Gasteiger partial charge in [0, 0.05) is 23.0 Å². The highest BCUT2D eigenvalue weighted by molar-refractivity contribution is 6.30. The number of imidazole rings is 1. The number of para-hydroxylation sites is 2. The SMILES string of the molecule is O=C(Nc1ccccc1-n1ccnc1)c1ncoc1-c1ccc(Cl)cc1. The van der Waals surface area contributed by atoms with Crippen LogP contribution in [0.15, 0.2) is 78.1 Å². The van der Waals surface area contributed by atoms with Crippen molar-refractivity contribution in [3.05, 3.63) is 84.4 Å². The molecule has 0 bridgehead atoms. The lowest BCUT2D eigenvalue weighted by atomic mass is 10.1. The van der Waals surface area contributed by atoms with Crippen molar-refractivity contribution in [3.63, 3.8) is 0 Å². The van der Waals surface area contributed by atoms with E-state index < -0.39 is 0 Å². The van der Waals surface area contributed by atoms with Gasteiger partial charge in [0.05, 0.1) is 17.7 Å². The lowest BCUT2D eigenvalue weighted by Gasteiger charge is -2.11. The predicted molar refractivity (Wildman–Crippen MR) is 98.5 cm³/mol. The largest absolute Gasteiger partial charge is 0.443 e. The average Bonchev–Trinajstić information content (AvgIpc) is 3.35. The Morgan fingerprint density at radius 1 is 1.12 bits per heavy atom. The van der Waals surface area contributed by atoms with Gasteiger partial charge < -0.3 is 14.3 Å². The Morgan fingerprint density at radius 2 is 1.92 bits per heavy atom. The molecule has 4 aromatic rings. The molecule has 2 heterocycles. The Hall–Kier alpha value is -3.38. The van der Waals surface area contributed by atoms with Gasteiger partial charge in [-0.15, -0.1) is 0 Å². The number of nitrogens with one attached hydrogen (secondary N) is 1. The smallest absolute Gasteiger partial charge is 0.278 e. The third kappa shape index (κ3) is 3.10. The summed E-state index contributed by atoms with van der Waals surface area (Å²) in [7, 11) is 0. The van der Waals surface area contributed by atoms with Crippen LogP contribution in [-0.2, 0) is 0 Å². The van der Waals surface area contributed by atoms with Crippen LogP contribution in [0.25, 0.3) is 17.0 Å². The lowest BCUT2D eigenvalue weighted by Crippen LogP contribution is -2.15. The maximum atomic E-state index is 12.8. The van der Waals surface area contributed by atoms with Gasteiger partial charge in [-0.2, -0.15) is 0 Å². The molecule has 6 nitrogen and oxygen atoms in total. The van der Waals surface area contributed by atoms with E-state index in [1.165, 1.54) is 6.39 Å². The molecule has 2 aromatic carbocycles. The van der Waals surface area contributed by atoms with Gasteiger partial charge in [-0.3, -0.25) is 4.79 Å². The average molecular weight is 365 g/mol. The minimum atomic E-state index is -0.365. The topological polar surface area (TPSA) is 73.0 Å². The first kappa shape index (κ1) is 16.1. The van der Waals surface area contributed by atoms with E-state index in [-0.39, 0.29) is 11.6 Å². The van der Waals surface area contributed by atoms with Gasteiger partial charge >= 0.3 is 0 Å². The summed E-state index contributed by atoms with van der Waals surface area (Å²) < 4.78 is 7.24. The molecule has 0 atom stereocenters. The number of oxazole rings is 1. The van der Waals surface area contributed by atoms with Gasteiger partial charge in [-0.05, 0) is 36.4 Å². The summed E-state index contributed by atoms with van der Waals surface area (Å²) in [5.74, 6) is 0.0237. The van der Waals surface area contributed by atoms with Crippen molar-refractivity contribution in [3.8, 4) is 17.0 Å². The standard InChI is InChI=1S/C19H13ClN4O2/c20-14-7-5-13(6-8-14)18-17(22-12-26-18)19(25)23-15-3-1-2-4-16(15)24-10-9-21-11-24/h1-12H,(H,23,25). The summed E-state index contributed by atoms with van der Waals surface area (Å²) in [6.45, 7) is 0. The van der Waals surface area contributed by atoms with E-state index >= 15 is 0 Å². The second kappa shape index (κ2) is 6.85. The number of carbonyl (C=O) groups is 1. The number of carbonyl (C=O) groups excluding carboxylic acids is 1. The number of amides is 1. The molecular weight excluding hydrogens is 352 g/mol. The number of halogens is 1. The van der Waals surface area contributed by atoms with Gasteiger partial charge in [-0.25, -0.2) is 9.97 Å². The Labute approximate surface area is 154 Å². The quantitative estimate of drug-likeness (QED) is 0.581. The van der Waals surface area contributed by atoms with Gasteiger partial charge in [0.2, 0.25) is 0 Å². The van der Waals surface area contributed by atoms with Crippen LogP contribution in [0.3, 0.4) is 0 Å². The summed E-state index contributed by atoms with van der Waals surface area (Å²) >= 11 is 5.92. The van der Waals surface area contributed by atoms with Crippen molar-refractivity contribution in [2.24, 2.45) is 0 Å². The zero-order valence-corrected chi connectivity index (χ0v) is 14.2. The normalized spacial score (nSPS) is 10.7. The van der Waals surface area contributed by atoms with Crippen LogP contribution < -0.4 is 5.32 Å². The molecular formula is C19H13ClN4O2. The fourth-order valence-electron chi connectivity index (χ4n) is 2.60. The molecule has 0 radical (unpaired) electrons. The second-order valence-corrected chi connectivity index (χ2v) is 5.91. The third-order valence-electron chi connectivity index (χ3n) is 3.82. The summed E-state index contributed by atoms with van der Waals surface area (Å²) in [5.41, 5.74) is 2.36. The Kier molecular flexibility index (Phi) is 4.25. The van der Waals surface area contributed by atoms with Crippen molar-refractivity contribution in [2.75, 3.05) is 5.32 Å². The van der Waals surface area contributed by atoms with Crippen LogP contribution in [0.1, 0.15) is 10.5 Å². The molecule has 0 aliphatic heterocycles. The summed E-state index contributed by atoms with van der Waals surface area (Å²) in [6.07, 6.45) is 6.40. The number of benzene rings is 2. The van der Waals surface area contributed by atoms with Crippen molar-refractivity contribution in [1.82, 2.24) is 14.5 Å². The van der Waals surface area contributed by atoms with Crippen molar-refractivity contribution in [2.45, 2.75) is 0 Å². The molecule has 0 aliphatic carbocycles. The van der Waals surface area contributed by atoms with Gasteiger partial charge in [0.1, 0.15) is 0 Å². The second-order valence-electron chi connectivity index (χ2n) is 5.48. The maximum Gasteiger partial charge on any atom is 0.278 e. The van der Waals surface area contributed by atoms with Gasteiger partial charge in [0.25, 0.3) is 5.91 Å². The Balaban J connectivity index is 1.65. The van der Waals surface area contributed by atoms with E-state index in [0.29, 0.717) is 16.5 Å².